The lowest BCUT2D eigenvalue weighted by atomic mass is 9.81. The van der Waals surface area contributed by atoms with Crippen molar-refractivity contribution >= 4 is 50.6 Å². The molecule has 1 aliphatic rings. The summed E-state index contributed by atoms with van der Waals surface area (Å²) in [7, 11) is 0. The number of thiazole rings is 1. The van der Waals surface area contributed by atoms with E-state index in [4.69, 9.17) is 11.6 Å². The van der Waals surface area contributed by atoms with Gasteiger partial charge in [0, 0.05) is 36.7 Å². The molecular weight excluding hydrogens is 468 g/mol. The minimum Gasteiger partial charge on any atom is -0.353 e. The van der Waals surface area contributed by atoms with Gasteiger partial charge in [-0.15, -0.1) is 11.3 Å². The summed E-state index contributed by atoms with van der Waals surface area (Å²) in [5.74, 6) is -0.118. The number of ketones is 2. The molecule has 2 atom stereocenters. The molecule has 7 heteroatoms. The first-order chi connectivity index (χ1) is 16.4. The number of fused-ring (bicyclic) bond motifs is 1. The average molecular weight is 503 g/mol. The lowest BCUT2D eigenvalue weighted by Crippen LogP contribution is -2.45. The average Bonchev–Trinajstić information content (AvgIpc) is 3.23. The van der Waals surface area contributed by atoms with Crippen LogP contribution in [0.2, 0.25) is 5.02 Å². The molecule has 5 nitrogen and oxygen atoms in total. The predicted molar refractivity (Wildman–Crippen MR) is 139 cm³/mol. The van der Waals surface area contributed by atoms with Gasteiger partial charge in [-0.1, -0.05) is 44.4 Å². The Bertz CT molecular complexity index is 1010. The van der Waals surface area contributed by atoms with Crippen LogP contribution < -0.4 is 5.32 Å². The molecule has 1 N–H and O–H groups in total. The van der Waals surface area contributed by atoms with Crippen LogP contribution in [0.4, 0.5) is 0 Å². The van der Waals surface area contributed by atoms with Crippen LogP contribution in [0.25, 0.3) is 10.2 Å². The molecule has 1 aliphatic carbocycles. The number of aromatic nitrogens is 1. The number of hydrogen-bond donors (Lipinski definition) is 1. The number of nitrogens with one attached hydrogen (secondary N) is 1. The van der Waals surface area contributed by atoms with Crippen molar-refractivity contribution in [3.63, 3.8) is 0 Å². The zero-order valence-electron chi connectivity index (χ0n) is 20.0. The number of nitrogens with zero attached hydrogens (tertiary/aromatic N) is 1. The summed E-state index contributed by atoms with van der Waals surface area (Å²) in [6.45, 7) is 5.54. The minimum absolute atomic E-state index is 0.00197. The van der Waals surface area contributed by atoms with Gasteiger partial charge in [0.1, 0.15) is 5.78 Å². The summed E-state index contributed by atoms with van der Waals surface area (Å²) >= 11 is 7.64. The third-order valence-corrected chi connectivity index (χ3v) is 7.94. The van der Waals surface area contributed by atoms with E-state index in [-0.39, 0.29) is 29.9 Å². The Morgan fingerprint density at radius 3 is 2.71 bits per heavy atom. The van der Waals surface area contributed by atoms with E-state index in [0.29, 0.717) is 36.6 Å². The summed E-state index contributed by atoms with van der Waals surface area (Å²) in [6.07, 6.45) is 9.85. The quantitative estimate of drug-likeness (QED) is 0.318. The smallest absolute Gasteiger partial charge is 0.224 e. The van der Waals surface area contributed by atoms with Crippen molar-refractivity contribution in [3.8, 4) is 0 Å². The molecule has 34 heavy (non-hydrogen) atoms. The van der Waals surface area contributed by atoms with Crippen molar-refractivity contribution in [1.29, 1.82) is 0 Å². The Balaban J connectivity index is 1.77. The van der Waals surface area contributed by atoms with E-state index in [1.807, 2.05) is 25.1 Å². The monoisotopic (exact) mass is 502 g/mol. The van der Waals surface area contributed by atoms with E-state index in [1.165, 1.54) is 23.8 Å². The Morgan fingerprint density at radius 2 is 2.00 bits per heavy atom. The first kappa shape index (κ1) is 26.6. The number of carbonyl (C=O) groups is 3. The Labute approximate surface area is 211 Å². The van der Waals surface area contributed by atoms with Crippen molar-refractivity contribution in [2.45, 2.75) is 83.6 Å². The lowest BCUT2D eigenvalue weighted by molar-refractivity contribution is -0.130. The molecule has 1 heterocycles. The van der Waals surface area contributed by atoms with Crippen LogP contribution in [0.1, 0.15) is 76.1 Å². The standard InChI is InChI=1S/C27H35ClN2O3S/c1-3-8-22(32)15-19(16-26-29-24-13-11-20(28)17-25(24)34-26)27(33)30-23(14-12-21(31)4-2)18-9-6-5-7-10-18/h4,11,13,17-19,23H,2-3,5-10,12,14-16H2,1H3,(H,30,33)/t19-,23+/m0/s1. The van der Waals surface area contributed by atoms with Gasteiger partial charge < -0.3 is 5.32 Å². The second kappa shape index (κ2) is 13.1. The van der Waals surface area contributed by atoms with Crippen molar-refractivity contribution in [1.82, 2.24) is 10.3 Å². The molecule has 1 fully saturated rings. The van der Waals surface area contributed by atoms with Gasteiger partial charge in [-0.2, -0.15) is 0 Å². The maximum atomic E-state index is 13.5. The predicted octanol–water partition coefficient (Wildman–Crippen LogP) is 6.47. The first-order valence-electron chi connectivity index (χ1n) is 12.4. The fourth-order valence-corrected chi connectivity index (χ4v) is 6.14. The van der Waals surface area contributed by atoms with Crippen LogP contribution in [0.5, 0.6) is 0 Å². The number of allylic oxidation sites excluding steroid dienone is 1. The highest BCUT2D eigenvalue weighted by Gasteiger charge is 2.30. The minimum atomic E-state index is -0.476. The van der Waals surface area contributed by atoms with Gasteiger partial charge in [0.05, 0.1) is 21.1 Å². The normalized spacial score (nSPS) is 16.2. The van der Waals surface area contributed by atoms with E-state index >= 15 is 0 Å². The number of hydrogen-bond acceptors (Lipinski definition) is 5. The van der Waals surface area contributed by atoms with Gasteiger partial charge in [0.25, 0.3) is 0 Å². The molecule has 1 saturated carbocycles. The van der Waals surface area contributed by atoms with Crippen molar-refractivity contribution in [2.75, 3.05) is 0 Å². The number of halogens is 1. The molecule has 0 unspecified atom stereocenters. The summed E-state index contributed by atoms with van der Waals surface area (Å²) in [5.41, 5.74) is 0.853. The number of rotatable bonds is 13. The highest BCUT2D eigenvalue weighted by molar-refractivity contribution is 7.18. The molecule has 0 bridgehead atoms. The zero-order valence-corrected chi connectivity index (χ0v) is 21.6. The molecule has 0 spiro atoms. The first-order valence-corrected chi connectivity index (χ1v) is 13.6. The second-order valence-corrected chi connectivity index (χ2v) is 10.9. The van der Waals surface area contributed by atoms with Gasteiger partial charge in [0.15, 0.2) is 5.78 Å². The molecule has 0 saturated heterocycles. The molecule has 1 aromatic carbocycles. The molecule has 1 aromatic heterocycles. The molecule has 2 aromatic rings. The topological polar surface area (TPSA) is 76.1 Å². The highest BCUT2D eigenvalue weighted by Crippen LogP contribution is 2.30. The van der Waals surface area contributed by atoms with Crippen LogP contribution >= 0.6 is 22.9 Å². The maximum absolute atomic E-state index is 13.5. The number of Topliss-reactive ketones (excluding diaryl/α,β-unsaturated/α-hetero) is 1. The summed E-state index contributed by atoms with van der Waals surface area (Å²) < 4.78 is 0.976. The van der Waals surface area contributed by atoms with Crippen LogP contribution in [0, 0.1) is 11.8 Å². The zero-order chi connectivity index (χ0) is 24.5. The largest absolute Gasteiger partial charge is 0.353 e. The van der Waals surface area contributed by atoms with Gasteiger partial charge in [0.2, 0.25) is 5.91 Å². The fraction of sp³-hybridized carbons (Fsp3) is 0.556. The molecule has 3 rings (SSSR count). The number of benzene rings is 1. The molecule has 0 radical (unpaired) electrons. The second-order valence-electron chi connectivity index (χ2n) is 9.34. The van der Waals surface area contributed by atoms with Gasteiger partial charge in [-0.05, 0) is 55.9 Å². The third-order valence-electron chi connectivity index (χ3n) is 6.67. The summed E-state index contributed by atoms with van der Waals surface area (Å²) in [6, 6.07) is 5.51. The van der Waals surface area contributed by atoms with Crippen LogP contribution in [-0.2, 0) is 20.8 Å². The Kier molecular flexibility index (Phi) is 10.3. The van der Waals surface area contributed by atoms with Crippen molar-refractivity contribution in [2.24, 2.45) is 11.8 Å². The van der Waals surface area contributed by atoms with E-state index in [0.717, 1.165) is 47.3 Å². The van der Waals surface area contributed by atoms with E-state index < -0.39 is 5.92 Å². The van der Waals surface area contributed by atoms with E-state index in [1.54, 1.807) is 0 Å². The van der Waals surface area contributed by atoms with Gasteiger partial charge in [-0.25, -0.2) is 4.98 Å². The van der Waals surface area contributed by atoms with Gasteiger partial charge in [-0.3, -0.25) is 14.4 Å². The summed E-state index contributed by atoms with van der Waals surface area (Å²) in [5, 5.41) is 4.74. The fourth-order valence-electron chi connectivity index (χ4n) is 4.82. The van der Waals surface area contributed by atoms with Crippen LogP contribution in [0.3, 0.4) is 0 Å². The lowest BCUT2D eigenvalue weighted by Gasteiger charge is -2.32. The summed E-state index contributed by atoms with van der Waals surface area (Å²) in [4.78, 5) is 42.6. The van der Waals surface area contributed by atoms with E-state index in [2.05, 4.69) is 16.9 Å². The molecule has 0 aliphatic heterocycles. The Hall–Kier alpha value is -2.05. The Morgan fingerprint density at radius 1 is 1.24 bits per heavy atom. The maximum Gasteiger partial charge on any atom is 0.224 e. The molecule has 1 amide bonds. The van der Waals surface area contributed by atoms with Crippen LogP contribution in [-0.4, -0.2) is 28.5 Å². The van der Waals surface area contributed by atoms with Crippen molar-refractivity contribution in [3.05, 3.63) is 40.9 Å². The molecule has 184 valence electrons. The SMILES string of the molecule is C=CC(=O)CC[C@@H](NC(=O)[C@@H](CC(=O)CCC)Cc1nc2ccc(Cl)cc2s1)C1CCCCC1. The highest BCUT2D eigenvalue weighted by atomic mass is 35.5. The number of carbonyl (C=O) groups excluding carboxylic acids is 3. The van der Waals surface area contributed by atoms with Crippen molar-refractivity contribution < 1.29 is 14.4 Å². The van der Waals surface area contributed by atoms with Crippen LogP contribution in [0.15, 0.2) is 30.9 Å². The van der Waals surface area contributed by atoms with Gasteiger partial charge >= 0.3 is 0 Å². The molecular formula is C27H35ClN2O3S. The number of amides is 1. The van der Waals surface area contributed by atoms with E-state index in [9.17, 15) is 14.4 Å². The third kappa shape index (κ3) is 7.74.